The molecule has 20 heavy (non-hydrogen) atoms. The van der Waals surface area contributed by atoms with Crippen LogP contribution in [0.3, 0.4) is 0 Å². The Morgan fingerprint density at radius 1 is 1.40 bits per heavy atom. The van der Waals surface area contributed by atoms with Gasteiger partial charge in [0.1, 0.15) is 0 Å². The molecule has 1 amide bonds. The van der Waals surface area contributed by atoms with Crippen molar-refractivity contribution in [2.24, 2.45) is 5.73 Å². The molecular weight excluding hydrogens is 250 g/mol. The maximum Gasteiger partial charge on any atom is 0.236 e. The Morgan fingerprint density at radius 2 is 2.10 bits per heavy atom. The van der Waals surface area contributed by atoms with Crippen LogP contribution in [0.15, 0.2) is 30.3 Å². The van der Waals surface area contributed by atoms with Crippen molar-refractivity contribution in [1.82, 2.24) is 9.80 Å². The third-order valence-corrected chi connectivity index (χ3v) is 4.08. The molecule has 0 radical (unpaired) electrons. The summed E-state index contributed by atoms with van der Waals surface area (Å²) in [5.41, 5.74) is 7.12. The van der Waals surface area contributed by atoms with Crippen molar-refractivity contribution >= 4 is 5.91 Å². The molecule has 0 saturated carbocycles. The van der Waals surface area contributed by atoms with E-state index in [0.717, 1.165) is 24.9 Å². The van der Waals surface area contributed by atoms with Gasteiger partial charge in [-0.25, -0.2) is 0 Å². The van der Waals surface area contributed by atoms with Gasteiger partial charge in [0.25, 0.3) is 0 Å². The minimum atomic E-state index is 0.177. The average Bonchev–Trinajstić information content (AvgIpc) is 2.43. The molecule has 0 spiro atoms. The summed E-state index contributed by atoms with van der Waals surface area (Å²) in [6.07, 6.45) is 1.97. The van der Waals surface area contributed by atoms with Crippen molar-refractivity contribution in [3.05, 3.63) is 35.9 Å². The topological polar surface area (TPSA) is 49.6 Å². The molecule has 2 N–H and O–H groups in total. The number of likely N-dealkylation sites (tertiary alicyclic amines) is 1. The van der Waals surface area contributed by atoms with Crippen molar-refractivity contribution in [2.45, 2.75) is 38.4 Å². The number of likely N-dealkylation sites (N-methyl/N-ethyl adjacent to an activating group) is 1. The highest BCUT2D eigenvalue weighted by atomic mass is 16.2. The summed E-state index contributed by atoms with van der Waals surface area (Å²) in [4.78, 5) is 16.3. The number of amides is 1. The number of carbonyl (C=O) groups excluding carboxylic acids is 1. The van der Waals surface area contributed by atoms with E-state index in [2.05, 4.69) is 11.8 Å². The Bertz CT molecular complexity index is 435. The van der Waals surface area contributed by atoms with Crippen LogP contribution in [0.4, 0.5) is 0 Å². The number of hydrogen-bond donors (Lipinski definition) is 1. The monoisotopic (exact) mass is 275 g/mol. The van der Waals surface area contributed by atoms with Crippen LogP contribution >= 0.6 is 0 Å². The van der Waals surface area contributed by atoms with Gasteiger partial charge in [-0.1, -0.05) is 30.3 Å². The van der Waals surface area contributed by atoms with Gasteiger partial charge in [-0.3, -0.25) is 9.69 Å². The fraction of sp³-hybridized carbons (Fsp3) is 0.562. The molecular formula is C16H25N3O. The fourth-order valence-electron chi connectivity index (χ4n) is 2.73. The van der Waals surface area contributed by atoms with Gasteiger partial charge >= 0.3 is 0 Å². The fourth-order valence-corrected chi connectivity index (χ4v) is 2.73. The van der Waals surface area contributed by atoms with E-state index in [1.165, 1.54) is 0 Å². The van der Waals surface area contributed by atoms with Crippen LogP contribution in [0.5, 0.6) is 0 Å². The van der Waals surface area contributed by atoms with E-state index in [1.807, 2.05) is 37.4 Å². The standard InChI is InChI=1S/C16H25N3O/c1-13-10-15(17)8-9-19(13)12-16(20)18(2)11-14-6-4-3-5-7-14/h3-7,13,15H,8-12,17H2,1-2H3. The molecule has 2 unspecified atom stereocenters. The van der Waals surface area contributed by atoms with E-state index in [9.17, 15) is 4.79 Å². The van der Waals surface area contributed by atoms with Crippen molar-refractivity contribution in [3.63, 3.8) is 0 Å². The minimum Gasteiger partial charge on any atom is -0.340 e. The zero-order valence-electron chi connectivity index (χ0n) is 12.5. The Labute approximate surface area is 121 Å². The molecule has 1 fully saturated rings. The van der Waals surface area contributed by atoms with Crippen LogP contribution in [0.2, 0.25) is 0 Å². The summed E-state index contributed by atoms with van der Waals surface area (Å²) in [5, 5.41) is 0. The second kappa shape index (κ2) is 6.86. The van der Waals surface area contributed by atoms with E-state index >= 15 is 0 Å². The second-order valence-electron chi connectivity index (χ2n) is 5.84. The lowest BCUT2D eigenvalue weighted by Gasteiger charge is -2.36. The quantitative estimate of drug-likeness (QED) is 0.905. The first-order valence-corrected chi connectivity index (χ1v) is 7.34. The molecule has 0 aliphatic carbocycles. The normalized spacial score (nSPS) is 23.6. The highest BCUT2D eigenvalue weighted by molar-refractivity contribution is 5.78. The zero-order valence-corrected chi connectivity index (χ0v) is 12.5. The summed E-state index contributed by atoms with van der Waals surface area (Å²) in [7, 11) is 1.87. The van der Waals surface area contributed by atoms with Crippen molar-refractivity contribution < 1.29 is 4.79 Å². The molecule has 0 bridgehead atoms. The molecule has 110 valence electrons. The summed E-state index contributed by atoms with van der Waals surface area (Å²) in [5.74, 6) is 0.177. The summed E-state index contributed by atoms with van der Waals surface area (Å²) in [6, 6.07) is 10.8. The maximum absolute atomic E-state index is 12.3. The molecule has 2 atom stereocenters. The van der Waals surface area contributed by atoms with Crippen LogP contribution in [0, 0.1) is 0 Å². The number of piperidine rings is 1. The van der Waals surface area contributed by atoms with Crippen LogP contribution in [0.1, 0.15) is 25.3 Å². The van der Waals surface area contributed by atoms with Gasteiger partial charge in [-0.15, -0.1) is 0 Å². The minimum absolute atomic E-state index is 0.177. The van der Waals surface area contributed by atoms with Gasteiger partial charge in [0, 0.05) is 32.2 Å². The Balaban J connectivity index is 1.85. The van der Waals surface area contributed by atoms with Gasteiger partial charge in [-0.05, 0) is 25.3 Å². The van der Waals surface area contributed by atoms with Gasteiger partial charge in [0.05, 0.1) is 6.54 Å². The Morgan fingerprint density at radius 3 is 2.75 bits per heavy atom. The summed E-state index contributed by atoms with van der Waals surface area (Å²) in [6.45, 7) is 4.25. The van der Waals surface area contributed by atoms with E-state index in [-0.39, 0.29) is 5.91 Å². The van der Waals surface area contributed by atoms with E-state index in [1.54, 1.807) is 4.90 Å². The lowest BCUT2D eigenvalue weighted by Crippen LogP contribution is -2.49. The third kappa shape index (κ3) is 4.05. The SMILES string of the molecule is CC1CC(N)CCN1CC(=O)N(C)Cc1ccccc1. The Kier molecular flexibility index (Phi) is 5.15. The highest BCUT2D eigenvalue weighted by Gasteiger charge is 2.25. The lowest BCUT2D eigenvalue weighted by molar-refractivity contribution is -0.132. The molecule has 2 rings (SSSR count). The first-order chi connectivity index (χ1) is 9.56. The second-order valence-corrected chi connectivity index (χ2v) is 5.84. The summed E-state index contributed by atoms with van der Waals surface area (Å²) < 4.78 is 0. The van der Waals surface area contributed by atoms with E-state index in [0.29, 0.717) is 25.2 Å². The average molecular weight is 275 g/mol. The maximum atomic E-state index is 12.3. The highest BCUT2D eigenvalue weighted by Crippen LogP contribution is 2.15. The molecule has 4 heteroatoms. The number of benzene rings is 1. The number of hydrogen-bond acceptors (Lipinski definition) is 3. The lowest BCUT2D eigenvalue weighted by atomic mass is 9.99. The van der Waals surface area contributed by atoms with Gasteiger partial charge in [-0.2, -0.15) is 0 Å². The van der Waals surface area contributed by atoms with Crippen molar-refractivity contribution in [2.75, 3.05) is 20.1 Å². The molecule has 0 aromatic heterocycles. The predicted octanol–water partition coefficient (Wildman–Crippen LogP) is 1.46. The smallest absolute Gasteiger partial charge is 0.236 e. The van der Waals surface area contributed by atoms with Crippen LogP contribution in [-0.2, 0) is 11.3 Å². The zero-order chi connectivity index (χ0) is 14.5. The molecule has 1 aromatic carbocycles. The van der Waals surface area contributed by atoms with E-state index in [4.69, 9.17) is 5.73 Å². The third-order valence-electron chi connectivity index (χ3n) is 4.08. The van der Waals surface area contributed by atoms with Crippen LogP contribution < -0.4 is 5.73 Å². The van der Waals surface area contributed by atoms with Crippen molar-refractivity contribution in [1.29, 1.82) is 0 Å². The first kappa shape index (κ1) is 15.0. The van der Waals surface area contributed by atoms with Gasteiger partial charge in [0.15, 0.2) is 0 Å². The van der Waals surface area contributed by atoms with Crippen LogP contribution in [0.25, 0.3) is 0 Å². The molecule has 1 saturated heterocycles. The molecule has 4 nitrogen and oxygen atoms in total. The van der Waals surface area contributed by atoms with E-state index < -0.39 is 0 Å². The number of nitrogens with zero attached hydrogens (tertiary/aromatic N) is 2. The van der Waals surface area contributed by atoms with Gasteiger partial charge < -0.3 is 10.6 Å². The van der Waals surface area contributed by atoms with Gasteiger partial charge in [0.2, 0.25) is 5.91 Å². The Hall–Kier alpha value is -1.39. The molecule has 1 aliphatic heterocycles. The van der Waals surface area contributed by atoms with Crippen LogP contribution in [-0.4, -0.2) is 47.9 Å². The summed E-state index contributed by atoms with van der Waals surface area (Å²) >= 11 is 0. The number of carbonyl (C=O) groups is 1. The largest absolute Gasteiger partial charge is 0.340 e. The number of nitrogens with two attached hydrogens (primary N) is 1. The first-order valence-electron chi connectivity index (χ1n) is 7.34. The molecule has 1 heterocycles. The molecule has 1 aromatic rings. The number of rotatable bonds is 4. The molecule has 1 aliphatic rings. The predicted molar refractivity (Wildman–Crippen MR) is 81.2 cm³/mol. The van der Waals surface area contributed by atoms with Crippen molar-refractivity contribution in [3.8, 4) is 0 Å².